The van der Waals surface area contributed by atoms with Gasteiger partial charge in [0.05, 0.1) is 12.6 Å². The van der Waals surface area contributed by atoms with Crippen LogP contribution in [0.2, 0.25) is 0 Å². The van der Waals surface area contributed by atoms with Crippen molar-refractivity contribution in [1.82, 2.24) is 4.72 Å². The Kier molecular flexibility index (Phi) is 4.72. The fourth-order valence-corrected chi connectivity index (χ4v) is 3.19. The molecule has 0 aromatic rings. The van der Waals surface area contributed by atoms with Crippen LogP contribution in [-0.2, 0) is 24.0 Å². The van der Waals surface area contributed by atoms with E-state index in [1.54, 1.807) is 6.92 Å². The molecule has 0 saturated carbocycles. The van der Waals surface area contributed by atoms with Gasteiger partial charge in [-0.25, -0.2) is 0 Å². The molecule has 6 nitrogen and oxygen atoms in total. The van der Waals surface area contributed by atoms with Crippen molar-refractivity contribution in [1.29, 1.82) is 0 Å². The number of halogens is 1. The SMILES string of the molecule is CC(=O)O[C@@H]1CCOS(=O)(=O)NC1C(C)Br. The maximum absolute atomic E-state index is 11.3. The third-order valence-corrected chi connectivity index (χ3v) is 3.74. The van der Waals surface area contributed by atoms with Crippen LogP contribution in [0.4, 0.5) is 0 Å². The second-order valence-corrected chi connectivity index (χ2v) is 6.36. The van der Waals surface area contributed by atoms with Crippen LogP contribution < -0.4 is 4.72 Å². The van der Waals surface area contributed by atoms with Crippen LogP contribution in [0.3, 0.4) is 0 Å². The Bertz CT molecular complexity index is 355. The predicted octanol–water partition coefficient (Wildman–Crippen LogP) is 0.325. The number of carbonyl (C=O) groups is 1. The number of carbonyl (C=O) groups excluding carboxylic acids is 1. The fourth-order valence-electron chi connectivity index (χ4n) is 1.47. The molecule has 1 fully saturated rings. The molecule has 16 heavy (non-hydrogen) atoms. The van der Waals surface area contributed by atoms with Gasteiger partial charge in [0.15, 0.2) is 0 Å². The first kappa shape index (κ1) is 13.9. The number of hydrogen-bond donors (Lipinski definition) is 1. The lowest BCUT2D eigenvalue weighted by Crippen LogP contribution is -2.47. The summed E-state index contributed by atoms with van der Waals surface area (Å²) in [4.78, 5) is 10.7. The van der Waals surface area contributed by atoms with Gasteiger partial charge in [-0.05, 0) is 0 Å². The van der Waals surface area contributed by atoms with Crippen molar-refractivity contribution in [3.05, 3.63) is 0 Å². The third kappa shape index (κ3) is 4.00. The Labute approximate surface area is 103 Å². The molecule has 0 amide bonds. The zero-order valence-electron chi connectivity index (χ0n) is 8.97. The molecule has 1 rings (SSSR count). The first-order valence-corrected chi connectivity index (χ1v) is 7.12. The highest BCUT2D eigenvalue weighted by molar-refractivity contribution is 9.09. The molecule has 2 unspecified atom stereocenters. The Balaban J connectivity index is 2.85. The van der Waals surface area contributed by atoms with E-state index in [0.29, 0.717) is 6.42 Å². The van der Waals surface area contributed by atoms with Gasteiger partial charge in [-0.15, -0.1) is 0 Å². The lowest BCUT2D eigenvalue weighted by Gasteiger charge is -2.25. The Morgan fingerprint density at radius 2 is 2.25 bits per heavy atom. The minimum absolute atomic E-state index is 0.00347. The highest BCUT2D eigenvalue weighted by Crippen LogP contribution is 2.19. The van der Waals surface area contributed by atoms with Crippen molar-refractivity contribution in [3.63, 3.8) is 0 Å². The van der Waals surface area contributed by atoms with Gasteiger partial charge in [-0.2, -0.15) is 13.1 Å². The van der Waals surface area contributed by atoms with E-state index in [1.165, 1.54) is 6.92 Å². The zero-order chi connectivity index (χ0) is 12.3. The molecular weight excluding hydrogens is 302 g/mol. The number of hydrogen-bond acceptors (Lipinski definition) is 5. The normalized spacial score (nSPS) is 31.4. The van der Waals surface area contributed by atoms with Crippen molar-refractivity contribution in [2.24, 2.45) is 0 Å². The smallest absolute Gasteiger partial charge is 0.336 e. The topological polar surface area (TPSA) is 81.7 Å². The Morgan fingerprint density at radius 1 is 1.62 bits per heavy atom. The van der Waals surface area contributed by atoms with Gasteiger partial charge in [0.1, 0.15) is 6.10 Å². The maximum Gasteiger partial charge on any atom is 0.336 e. The third-order valence-electron chi connectivity index (χ3n) is 2.13. The monoisotopic (exact) mass is 315 g/mol. The molecule has 3 atom stereocenters. The summed E-state index contributed by atoms with van der Waals surface area (Å²) < 4.78 is 34.7. The number of rotatable bonds is 2. The van der Waals surface area contributed by atoms with Crippen molar-refractivity contribution >= 4 is 32.2 Å². The molecule has 1 saturated heterocycles. The number of esters is 1. The average Bonchev–Trinajstić information content (AvgIpc) is 2.24. The summed E-state index contributed by atoms with van der Waals surface area (Å²) in [6.45, 7) is 3.06. The largest absolute Gasteiger partial charge is 0.461 e. The average molecular weight is 316 g/mol. The molecule has 1 N–H and O–H groups in total. The van der Waals surface area contributed by atoms with E-state index in [0.717, 1.165) is 0 Å². The van der Waals surface area contributed by atoms with Crippen LogP contribution in [0.1, 0.15) is 20.3 Å². The molecule has 0 radical (unpaired) electrons. The van der Waals surface area contributed by atoms with Gasteiger partial charge in [-0.3, -0.25) is 8.98 Å². The van der Waals surface area contributed by atoms with Crippen molar-refractivity contribution < 1.29 is 22.1 Å². The van der Waals surface area contributed by atoms with Crippen LogP contribution in [0.25, 0.3) is 0 Å². The summed E-state index contributed by atoms with van der Waals surface area (Å²) in [6.07, 6.45) is -0.184. The number of nitrogens with one attached hydrogen (secondary N) is 1. The van der Waals surface area contributed by atoms with E-state index in [-0.39, 0.29) is 11.4 Å². The molecule has 1 aliphatic rings. The maximum atomic E-state index is 11.3. The summed E-state index contributed by atoms with van der Waals surface area (Å²) in [7, 11) is -3.75. The minimum Gasteiger partial charge on any atom is -0.461 e. The van der Waals surface area contributed by atoms with Gasteiger partial charge in [0.2, 0.25) is 0 Å². The summed E-state index contributed by atoms with van der Waals surface area (Å²) >= 11 is 3.28. The predicted molar refractivity (Wildman–Crippen MR) is 60.4 cm³/mol. The second-order valence-electron chi connectivity index (χ2n) is 3.53. The standard InChI is InChI=1S/C8H14BrNO5S/c1-5(9)8-7(15-6(2)11)3-4-14-16(12,13)10-8/h5,7-8,10H,3-4H2,1-2H3/t5?,7-,8?/m1/s1. The molecule has 0 aromatic heterocycles. The zero-order valence-corrected chi connectivity index (χ0v) is 11.4. The van der Waals surface area contributed by atoms with Crippen LogP contribution in [0, 0.1) is 0 Å². The van der Waals surface area contributed by atoms with E-state index >= 15 is 0 Å². The summed E-state index contributed by atoms with van der Waals surface area (Å²) in [5.41, 5.74) is 0. The van der Waals surface area contributed by atoms with Crippen LogP contribution in [0.5, 0.6) is 0 Å². The van der Waals surface area contributed by atoms with Crippen LogP contribution >= 0.6 is 15.9 Å². The van der Waals surface area contributed by atoms with Gasteiger partial charge in [-0.1, -0.05) is 22.9 Å². The lowest BCUT2D eigenvalue weighted by molar-refractivity contribution is -0.147. The van der Waals surface area contributed by atoms with E-state index in [2.05, 4.69) is 24.8 Å². The summed E-state index contributed by atoms with van der Waals surface area (Å²) in [6, 6.07) is -0.531. The van der Waals surface area contributed by atoms with E-state index in [1.807, 2.05) is 0 Å². The Morgan fingerprint density at radius 3 is 2.75 bits per heavy atom. The van der Waals surface area contributed by atoms with Gasteiger partial charge in [0.25, 0.3) is 0 Å². The molecule has 0 bridgehead atoms. The van der Waals surface area contributed by atoms with Crippen LogP contribution in [-0.4, -0.2) is 38.0 Å². The van der Waals surface area contributed by atoms with Crippen molar-refractivity contribution in [2.75, 3.05) is 6.61 Å². The first-order chi connectivity index (χ1) is 7.32. The molecule has 8 heteroatoms. The highest BCUT2D eigenvalue weighted by Gasteiger charge is 2.35. The summed E-state index contributed by atoms with van der Waals surface area (Å²) in [5.74, 6) is -0.441. The highest BCUT2D eigenvalue weighted by atomic mass is 79.9. The summed E-state index contributed by atoms with van der Waals surface area (Å²) in [5, 5.41) is 0. The molecule has 0 aliphatic carbocycles. The molecule has 0 spiro atoms. The molecule has 1 heterocycles. The lowest BCUT2D eigenvalue weighted by atomic mass is 10.1. The number of ether oxygens (including phenoxy) is 1. The second kappa shape index (κ2) is 5.44. The fraction of sp³-hybridized carbons (Fsp3) is 0.875. The Hall–Kier alpha value is -0.180. The van der Waals surface area contributed by atoms with Gasteiger partial charge < -0.3 is 4.74 Å². The van der Waals surface area contributed by atoms with E-state index < -0.39 is 28.4 Å². The van der Waals surface area contributed by atoms with Gasteiger partial charge >= 0.3 is 16.3 Å². The number of alkyl halides is 1. The van der Waals surface area contributed by atoms with E-state index in [9.17, 15) is 13.2 Å². The quantitative estimate of drug-likeness (QED) is 0.586. The minimum atomic E-state index is -3.75. The first-order valence-electron chi connectivity index (χ1n) is 4.80. The van der Waals surface area contributed by atoms with Crippen LogP contribution in [0.15, 0.2) is 0 Å². The van der Waals surface area contributed by atoms with Gasteiger partial charge in [0, 0.05) is 18.2 Å². The molecular formula is C8H14BrNO5S. The molecule has 1 aliphatic heterocycles. The molecule has 94 valence electrons. The van der Waals surface area contributed by atoms with E-state index in [4.69, 9.17) is 4.74 Å². The molecule has 0 aromatic carbocycles. The van der Waals surface area contributed by atoms with Crippen molar-refractivity contribution in [2.45, 2.75) is 37.2 Å². The van der Waals surface area contributed by atoms with Crippen molar-refractivity contribution in [3.8, 4) is 0 Å².